The first-order valence-electron chi connectivity index (χ1n) is 6.13. The monoisotopic (exact) mass is 267 g/mol. The van der Waals surface area contributed by atoms with Gasteiger partial charge in [-0.1, -0.05) is 11.2 Å². The van der Waals surface area contributed by atoms with Gasteiger partial charge in [0.05, 0.1) is 0 Å². The van der Waals surface area contributed by atoms with Crippen LogP contribution >= 0.6 is 0 Å². The molecule has 1 aromatic carbocycles. The molecule has 20 heavy (non-hydrogen) atoms. The molecule has 0 spiro atoms. The van der Waals surface area contributed by atoms with Crippen LogP contribution in [0.1, 0.15) is 11.1 Å². The van der Waals surface area contributed by atoms with Crippen molar-refractivity contribution in [3.63, 3.8) is 0 Å². The van der Waals surface area contributed by atoms with E-state index in [0.29, 0.717) is 23.2 Å². The molecule has 0 fully saturated rings. The van der Waals surface area contributed by atoms with Gasteiger partial charge < -0.3 is 10.3 Å². The molecule has 0 aliphatic carbocycles. The average Bonchev–Trinajstić information content (AvgIpc) is 2.92. The van der Waals surface area contributed by atoms with E-state index >= 15 is 0 Å². The zero-order valence-corrected chi connectivity index (χ0v) is 11.2. The van der Waals surface area contributed by atoms with Crippen LogP contribution in [0.3, 0.4) is 0 Å². The lowest BCUT2D eigenvalue weighted by Crippen LogP contribution is -1.91. The van der Waals surface area contributed by atoms with E-state index in [-0.39, 0.29) is 0 Å². The molecule has 0 atom stereocenters. The van der Waals surface area contributed by atoms with E-state index < -0.39 is 0 Å². The minimum atomic E-state index is 0.363. The van der Waals surface area contributed by atoms with Crippen molar-refractivity contribution >= 4 is 5.69 Å². The van der Waals surface area contributed by atoms with Crippen molar-refractivity contribution in [2.45, 2.75) is 13.8 Å². The highest BCUT2D eigenvalue weighted by atomic mass is 16.5. The minimum Gasteiger partial charge on any atom is -0.399 e. The molecule has 3 rings (SSSR count). The summed E-state index contributed by atoms with van der Waals surface area (Å²) in [6, 6.07) is 5.55. The number of nitrogens with zero attached hydrogens (tertiary/aromatic N) is 4. The normalized spacial score (nSPS) is 10.7. The summed E-state index contributed by atoms with van der Waals surface area (Å²) in [5.74, 6) is 1.21. The molecule has 3 aromatic rings. The van der Waals surface area contributed by atoms with E-state index in [2.05, 4.69) is 20.1 Å². The number of anilines is 1. The largest absolute Gasteiger partial charge is 0.399 e. The van der Waals surface area contributed by atoms with E-state index in [9.17, 15) is 0 Å². The first-order chi connectivity index (χ1) is 9.63. The Kier molecular flexibility index (Phi) is 2.90. The van der Waals surface area contributed by atoms with Gasteiger partial charge in [0.15, 0.2) is 0 Å². The van der Waals surface area contributed by atoms with E-state index in [0.717, 1.165) is 16.7 Å². The number of nitrogens with two attached hydrogens (primary N) is 1. The summed E-state index contributed by atoms with van der Waals surface area (Å²) in [7, 11) is 0. The lowest BCUT2D eigenvalue weighted by Gasteiger charge is -2.01. The first kappa shape index (κ1) is 12.3. The van der Waals surface area contributed by atoms with Gasteiger partial charge in [0.1, 0.15) is 0 Å². The molecule has 0 amide bonds. The third-order valence-corrected chi connectivity index (χ3v) is 2.90. The molecule has 0 bridgehead atoms. The Morgan fingerprint density at radius 2 is 1.80 bits per heavy atom. The van der Waals surface area contributed by atoms with Crippen LogP contribution in [0.4, 0.5) is 5.69 Å². The average molecular weight is 267 g/mol. The summed E-state index contributed by atoms with van der Waals surface area (Å²) in [5.41, 5.74) is 9.24. The first-order valence-corrected chi connectivity index (χ1v) is 6.13. The second kappa shape index (κ2) is 4.73. The Bertz CT molecular complexity index is 749. The minimum absolute atomic E-state index is 0.363. The summed E-state index contributed by atoms with van der Waals surface area (Å²) in [4.78, 5) is 12.7. The number of rotatable bonds is 2. The predicted molar refractivity (Wildman–Crippen MR) is 74.6 cm³/mol. The van der Waals surface area contributed by atoms with Crippen LogP contribution in [0.25, 0.3) is 23.1 Å². The summed E-state index contributed by atoms with van der Waals surface area (Å²) in [6.07, 6.45) is 3.42. The molecule has 0 aliphatic rings. The number of benzene rings is 1. The molecular weight excluding hydrogens is 254 g/mol. The standard InChI is InChI=1S/C14H13N5O/c1-8-6-16-12(17-7-8)13-18-14(20-19-13)11-5-10(15)4-3-9(11)2/h3-7H,15H2,1-2H3. The highest BCUT2D eigenvalue weighted by Crippen LogP contribution is 2.25. The maximum Gasteiger partial charge on any atom is 0.258 e. The maximum atomic E-state index is 5.78. The second-order valence-corrected chi connectivity index (χ2v) is 4.58. The fourth-order valence-electron chi connectivity index (χ4n) is 1.80. The van der Waals surface area contributed by atoms with Crippen molar-refractivity contribution < 1.29 is 4.52 Å². The zero-order valence-electron chi connectivity index (χ0n) is 11.2. The molecule has 0 radical (unpaired) electrons. The molecule has 0 saturated heterocycles. The van der Waals surface area contributed by atoms with Crippen molar-refractivity contribution in [2.75, 3.05) is 5.73 Å². The molecule has 0 saturated carbocycles. The molecule has 2 N–H and O–H groups in total. The molecule has 6 heteroatoms. The molecule has 100 valence electrons. The van der Waals surface area contributed by atoms with Gasteiger partial charge in [0.2, 0.25) is 11.6 Å². The summed E-state index contributed by atoms with van der Waals surface area (Å²) < 4.78 is 5.27. The summed E-state index contributed by atoms with van der Waals surface area (Å²) >= 11 is 0. The van der Waals surface area contributed by atoms with Crippen LogP contribution in [-0.2, 0) is 0 Å². The van der Waals surface area contributed by atoms with Gasteiger partial charge >= 0.3 is 0 Å². The van der Waals surface area contributed by atoms with Crippen LogP contribution in [0.5, 0.6) is 0 Å². The Balaban J connectivity index is 2.01. The number of aromatic nitrogens is 4. The SMILES string of the molecule is Cc1cnc(-c2noc(-c3cc(N)ccc3C)n2)nc1. The van der Waals surface area contributed by atoms with E-state index in [1.807, 2.05) is 32.0 Å². The number of nitrogen functional groups attached to an aromatic ring is 1. The highest BCUT2D eigenvalue weighted by Gasteiger charge is 2.14. The Hall–Kier alpha value is -2.76. The highest BCUT2D eigenvalue weighted by molar-refractivity contribution is 5.65. The maximum absolute atomic E-state index is 5.78. The van der Waals surface area contributed by atoms with Gasteiger partial charge in [-0.05, 0) is 37.1 Å². The van der Waals surface area contributed by atoms with Crippen LogP contribution in [0, 0.1) is 13.8 Å². The van der Waals surface area contributed by atoms with Crippen molar-refractivity contribution in [1.82, 2.24) is 20.1 Å². The topological polar surface area (TPSA) is 90.7 Å². The van der Waals surface area contributed by atoms with Gasteiger partial charge in [0.25, 0.3) is 5.89 Å². The number of hydrogen-bond donors (Lipinski definition) is 1. The number of hydrogen-bond acceptors (Lipinski definition) is 6. The fourth-order valence-corrected chi connectivity index (χ4v) is 1.80. The molecule has 0 aliphatic heterocycles. The smallest absolute Gasteiger partial charge is 0.258 e. The van der Waals surface area contributed by atoms with Crippen molar-refractivity contribution in [2.24, 2.45) is 0 Å². The quantitative estimate of drug-likeness (QED) is 0.717. The number of aryl methyl sites for hydroxylation is 2. The van der Waals surface area contributed by atoms with E-state index in [1.165, 1.54) is 0 Å². The summed E-state index contributed by atoms with van der Waals surface area (Å²) in [6.45, 7) is 3.88. The lowest BCUT2D eigenvalue weighted by atomic mass is 10.1. The second-order valence-electron chi connectivity index (χ2n) is 4.58. The molecule has 0 unspecified atom stereocenters. The Morgan fingerprint density at radius 1 is 1.05 bits per heavy atom. The van der Waals surface area contributed by atoms with Crippen LogP contribution < -0.4 is 5.73 Å². The lowest BCUT2D eigenvalue weighted by molar-refractivity contribution is 0.431. The van der Waals surface area contributed by atoms with Gasteiger partial charge in [-0.15, -0.1) is 0 Å². The third kappa shape index (κ3) is 2.23. The zero-order chi connectivity index (χ0) is 14.1. The van der Waals surface area contributed by atoms with Gasteiger partial charge in [-0.2, -0.15) is 4.98 Å². The van der Waals surface area contributed by atoms with E-state index in [4.69, 9.17) is 10.3 Å². The third-order valence-electron chi connectivity index (χ3n) is 2.90. The Labute approximate surface area is 115 Å². The van der Waals surface area contributed by atoms with Gasteiger partial charge in [-0.25, -0.2) is 9.97 Å². The fraction of sp³-hybridized carbons (Fsp3) is 0.143. The predicted octanol–water partition coefficient (Wildman–Crippen LogP) is 2.39. The van der Waals surface area contributed by atoms with Crippen LogP contribution in [0.15, 0.2) is 35.1 Å². The van der Waals surface area contributed by atoms with E-state index in [1.54, 1.807) is 12.4 Å². The molecule has 6 nitrogen and oxygen atoms in total. The van der Waals surface area contributed by atoms with Gasteiger partial charge in [0, 0.05) is 23.6 Å². The molecular formula is C14H13N5O. The summed E-state index contributed by atoms with van der Waals surface area (Å²) in [5, 5.41) is 3.91. The molecule has 2 heterocycles. The van der Waals surface area contributed by atoms with Gasteiger partial charge in [-0.3, -0.25) is 0 Å². The van der Waals surface area contributed by atoms with Crippen LogP contribution in [0.2, 0.25) is 0 Å². The Morgan fingerprint density at radius 3 is 2.55 bits per heavy atom. The van der Waals surface area contributed by atoms with Crippen molar-refractivity contribution in [3.05, 3.63) is 41.7 Å². The van der Waals surface area contributed by atoms with Crippen molar-refractivity contribution in [3.8, 4) is 23.1 Å². The molecule has 2 aromatic heterocycles. The van der Waals surface area contributed by atoms with Crippen molar-refractivity contribution in [1.29, 1.82) is 0 Å². The van der Waals surface area contributed by atoms with Crippen LogP contribution in [-0.4, -0.2) is 20.1 Å².